The fourth-order valence-electron chi connectivity index (χ4n) is 2.50. The lowest BCUT2D eigenvalue weighted by atomic mass is 10.0. The van der Waals surface area contributed by atoms with Crippen LogP contribution in [0.15, 0.2) is 18.5 Å². The number of pyridine rings is 1. The third-order valence-electron chi connectivity index (χ3n) is 3.29. The molecule has 1 aliphatic rings. The highest BCUT2D eigenvalue weighted by atomic mass is 16.5. The van der Waals surface area contributed by atoms with Gasteiger partial charge in [0.05, 0.1) is 35.8 Å². The van der Waals surface area contributed by atoms with Crippen molar-refractivity contribution in [3.63, 3.8) is 0 Å². The number of aromatic nitrogens is 1. The Bertz CT molecular complexity index is 490. The van der Waals surface area contributed by atoms with Crippen molar-refractivity contribution in [2.75, 3.05) is 32.1 Å². The van der Waals surface area contributed by atoms with Crippen molar-refractivity contribution in [1.29, 1.82) is 0 Å². The first kappa shape index (κ1) is 14.7. The minimum atomic E-state index is -0.464. The number of ether oxygens (including phenoxy) is 1. The average Bonchev–Trinajstić information content (AvgIpc) is 2.44. The van der Waals surface area contributed by atoms with E-state index in [0.717, 1.165) is 0 Å². The number of rotatable bonds is 3. The monoisotopic (exact) mass is 279 g/mol. The summed E-state index contributed by atoms with van der Waals surface area (Å²) in [5.41, 5.74) is 0.813. The molecule has 2 rings (SSSR count). The minimum Gasteiger partial charge on any atom is -0.394 e. The topological polar surface area (TPSA) is 74.7 Å². The summed E-state index contributed by atoms with van der Waals surface area (Å²) < 4.78 is 5.72. The van der Waals surface area contributed by atoms with Crippen molar-refractivity contribution in [2.45, 2.75) is 25.6 Å². The van der Waals surface area contributed by atoms with Crippen molar-refractivity contribution in [3.05, 3.63) is 24.0 Å². The Morgan fingerprint density at radius 2 is 2.40 bits per heavy atom. The molecule has 6 heteroatoms. The molecule has 0 bridgehead atoms. The molecule has 1 aromatic rings. The lowest BCUT2D eigenvalue weighted by molar-refractivity contribution is -0.139. The van der Waals surface area contributed by atoms with Gasteiger partial charge in [-0.3, -0.25) is 9.78 Å². The molecule has 0 radical (unpaired) electrons. The molecule has 0 aromatic carbocycles. The van der Waals surface area contributed by atoms with Crippen LogP contribution in [-0.4, -0.2) is 59.3 Å². The highest BCUT2D eigenvalue weighted by Crippen LogP contribution is 2.24. The molecule has 2 heterocycles. The van der Waals surface area contributed by atoms with E-state index in [1.807, 2.05) is 13.8 Å². The summed E-state index contributed by atoms with van der Waals surface area (Å²) in [6.07, 6.45) is 2.88. The van der Waals surface area contributed by atoms with Gasteiger partial charge in [0.25, 0.3) is 5.91 Å². The summed E-state index contributed by atoms with van der Waals surface area (Å²) >= 11 is 0. The van der Waals surface area contributed by atoms with Crippen LogP contribution in [-0.2, 0) is 4.74 Å². The van der Waals surface area contributed by atoms with Gasteiger partial charge < -0.3 is 20.1 Å². The maximum Gasteiger partial charge on any atom is 0.256 e. The van der Waals surface area contributed by atoms with Crippen molar-refractivity contribution in [3.8, 4) is 0 Å². The molecule has 1 unspecified atom stereocenters. The number of hydrogen-bond acceptors (Lipinski definition) is 5. The lowest BCUT2D eigenvalue weighted by Gasteiger charge is -2.42. The number of hydrogen-bond donors (Lipinski definition) is 2. The second-order valence-electron chi connectivity index (χ2n) is 5.54. The van der Waals surface area contributed by atoms with Crippen LogP contribution >= 0.6 is 0 Å². The van der Waals surface area contributed by atoms with E-state index in [0.29, 0.717) is 24.3 Å². The van der Waals surface area contributed by atoms with Gasteiger partial charge in [0.2, 0.25) is 0 Å². The van der Waals surface area contributed by atoms with Gasteiger partial charge >= 0.3 is 0 Å². The van der Waals surface area contributed by atoms with Crippen molar-refractivity contribution < 1.29 is 14.6 Å². The zero-order valence-corrected chi connectivity index (χ0v) is 12.1. The average molecular weight is 279 g/mol. The Morgan fingerprint density at radius 1 is 1.65 bits per heavy atom. The first-order valence-corrected chi connectivity index (χ1v) is 6.66. The maximum absolute atomic E-state index is 12.6. The molecule has 1 fully saturated rings. The van der Waals surface area contributed by atoms with E-state index in [2.05, 4.69) is 10.3 Å². The summed E-state index contributed by atoms with van der Waals surface area (Å²) in [5.74, 6) is -0.0772. The second-order valence-corrected chi connectivity index (χ2v) is 5.54. The molecular weight excluding hydrogens is 258 g/mol. The fraction of sp³-hybridized carbons (Fsp3) is 0.571. The second kappa shape index (κ2) is 5.76. The molecule has 2 N–H and O–H groups in total. The standard InChI is InChI=1S/C14H21N3O3/c1-14(2)9-17(7-10(8-18)20-14)13(19)11-4-5-16-6-12(11)15-3/h4-6,10,15,18H,7-9H2,1-3H3. The van der Waals surface area contributed by atoms with Crippen LogP contribution in [0.2, 0.25) is 0 Å². The predicted molar refractivity (Wildman–Crippen MR) is 75.7 cm³/mol. The predicted octanol–water partition coefficient (Wildman–Crippen LogP) is 0.735. The van der Waals surface area contributed by atoms with Gasteiger partial charge in [-0.05, 0) is 19.9 Å². The fourth-order valence-corrected chi connectivity index (χ4v) is 2.50. The van der Waals surface area contributed by atoms with E-state index in [-0.39, 0.29) is 18.6 Å². The number of nitrogens with one attached hydrogen (secondary N) is 1. The van der Waals surface area contributed by atoms with Crippen LogP contribution in [0, 0.1) is 0 Å². The molecule has 1 aliphatic heterocycles. The summed E-state index contributed by atoms with van der Waals surface area (Å²) in [7, 11) is 1.76. The number of carbonyl (C=O) groups is 1. The largest absolute Gasteiger partial charge is 0.394 e. The van der Waals surface area contributed by atoms with Gasteiger partial charge in [-0.25, -0.2) is 0 Å². The SMILES string of the molecule is CNc1cnccc1C(=O)N1CC(CO)OC(C)(C)C1. The third kappa shape index (κ3) is 3.08. The van der Waals surface area contributed by atoms with E-state index >= 15 is 0 Å². The maximum atomic E-state index is 12.6. The number of aliphatic hydroxyl groups is 1. The smallest absolute Gasteiger partial charge is 0.256 e. The Kier molecular flexibility index (Phi) is 4.25. The molecule has 0 saturated carbocycles. The van der Waals surface area contributed by atoms with E-state index < -0.39 is 5.60 Å². The molecule has 20 heavy (non-hydrogen) atoms. The van der Waals surface area contributed by atoms with Crippen molar-refractivity contribution in [2.24, 2.45) is 0 Å². The molecular formula is C14H21N3O3. The van der Waals surface area contributed by atoms with Gasteiger partial charge in [-0.1, -0.05) is 0 Å². The third-order valence-corrected chi connectivity index (χ3v) is 3.29. The van der Waals surface area contributed by atoms with Gasteiger partial charge in [-0.2, -0.15) is 0 Å². The normalized spacial score (nSPS) is 21.6. The lowest BCUT2D eigenvalue weighted by Crippen LogP contribution is -2.55. The number of morpholine rings is 1. The van der Waals surface area contributed by atoms with Crippen LogP contribution in [0.3, 0.4) is 0 Å². The molecule has 6 nitrogen and oxygen atoms in total. The summed E-state index contributed by atoms with van der Waals surface area (Å²) in [5, 5.41) is 12.3. The number of nitrogens with zero attached hydrogens (tertiary/aromatic N) is 2. The van der Waals surface area contributed by atoms with Gasteiger partial charge in [0.1, 0.15) is 0 Å². The van der Waals surface area contributed by atoms with Gasteiger partial charge in [0, 0.05) is 26.3 Å². The number of amides is 1. The summed E-state index contributed by atoms with van der Waals surface area (Å²) in [4.78, 5) is 18.4. The quantitative estimate of drug-likeness (QED) is 0.853. The number of aliphatic hydroxyl groups excluding tert-OH is 1. The Hall–Kier alpha value is -1.66. The number of anilines is 1. The Morgan fingerprint density at radius 3 is 3.05 bits per heavy atom. The van der Waals surface area contributed by atoms with E-state index in [1.165, 1.54) is 0 Å². The van der Waals surface area contributed by atoms with Crippen LogP contribution in [0.1, 0.15) is 24.2 Å². The van der Waals surface area contributed by atoms with E-state index in [1.54, 1.807) is 30.4 Å². The first-order valence-electron chi connectivity index (χ1n) is 6.66. The molecule has 0 aliphatic carbocycles. The Labute approximate surface area is 118 Å². The van der Waals surface area contributed by atoms with E-state index in [9.17, 15) is 9.90 Å². The van der Waals surface area contributed by atoms with Crippen molar-refractivity contribution in [1.82, 2.24) is 9.88 Å². The Balaban J connectivity index is 2.23. The van der Waals surface area contributed by atoms with Crippen molar-refractivity contribution >= 4 is 11.6 Å². The zero-order chi connectivity index (χ0) is 14.8. The summed E-state index contributed by atoms with van der Waals surface area (Å²) in [6, 6.07) is 1.70. The molecule has 1 amide bonds. The molecule has 0 spiro atoms. The molecule has 110 valence electrons. The van der Waals surface area contributed by atoms with Crippen LogP contribution in [0.25, 0.3) is 0 Å². The van der Waals surface area contributed by atoms with Gasteiger partial charge in [-0.15, -0.1) is 0 Å². The molecule has 1 aromatic heterocycles. The number of carbonyl (C=O) groups excluding carboxylic acids is 1. The molecule has 1 atom stereocenters. The molecule has 1 saturated heterocycles. The van der Waals surface area contributed by atoms with Gasteiger partial charge in [0.15, 0.2) is 0 Å². The first-order chi connectivity index (χ1) is 9.46. The highest BCUT2D eigenvalue weighted by Gasteiger charge is 2.36. The summed E-state index contributed by atoms with van der Waals surface area (Å²) in [6.45, 7) is 4.63. The minimum absolute atomic E-state index is 0.0772. The van der Waals surface area contributed by atoms with Crippen LogP contribution in [0.4, 0.5) is 5.69 Å². The zero-order valence-electron chi connectivity index (χ0n) is 12.1. The highest BCUT2D eigenvalue weighted by molar-refractivity contribution is 5.99. The van der Waals surface area contributed by atoms with Crippen LogP contribution in [0.5, 0.6) is 0 Å². The van der Waals surface area contributed by atoms with Crippen LogP contribution < -0.4 is 5.32 Å². The van der Waals surface area contributed by atoms with E-state index in [4.69, 9.17) is 4.74 Å².